The van der Waals surface area contributed by atoms with E-state index in [-0.39, 0.29) is 11.5 Å². The van der Waals surface area contributed by atoms with Crippen molar-refractivity contribution in [3.8, 4) is 10.4 Å². The fraction of sp³-hybridized carbons (Fsp3) is 0.389. The summed E-state index contributed by atoms with van der Waals surface area (Å²) in [5.74, 6) is 1.41. The molecule has 3 aromatic heterocycles. The number of hydrogen-bond acceptors (Lipinski definition) is 7. The topological polar surface area (TPSA) is 84.1 Å². The Morgan fingerprint density at radius 3 is 3.07 bits per heavy atom. The summed E-state index contributed by atoms with van der Waals surface area (Å²) in [6.07, 6.45) is 0.806. The van der Waals surface area contributed by atoms with Crippen LogP contribution in [0.4, 0.5) is 0 Å². The van der Waals surface area contributed by atoms with E-state index in [0.717, 1.165) is 21.7 Å². The number of fused-ring (bicyclic) bond motifs is 1. The molecule has 0 radical (unpaired) electrons. The van der Waals surface area contributed by atoms with Gasteiger partial charge in [-0.3, -0.25) is 9.59 Å². The molecule has 27 heavy (non-hydrogen) atoms. The zero-order chi connectivity index (χ0) is 19.1. The van der Waals surface area contributed by atoms with Crippen LogP contribution in [0.2, 0.25) is 0 Å². The van der Waals surface area contributed by atoms with E-state index < -0.39 is 0 Å². The largest absolute Gasteiger partial charge is 0.382 e. The lowest BCUT2D eigenvalue weighted by Gasteiger charge is -2.05. The van der Waals surface area contributed by atoms with Crippen LogP contribution in [0.3, 0.4) is 0 Å². The average molecular weight is 424 g/mol. The normalized spacial score (nSPS) is 11.1. The molecule has 0 aromatic carbocycles. The van der Waals surface area contributed by atoms with E-state index in [9.17, 15) is 9.59 Å². The van der Waals surface area contributed by atoms with Crippen LogP contribution in [-0.2, 0) is 15.3 Å². The molecule has 0 unspecified atom stereocenters. The number of ether oxygens (including phenoxy) is 1. The lowest BCUT2D eigenvalue weighted by molar-refractivity contribution is -0.118. The Bertz CT molecular complexity index is 934. The molecule has 0 saturated carbocycles. The van der Waals surface area contributed by atoms with Crippen molar-refractivity contribution < 1.29 is 9.53 Å². The molecule has 0 aliphatic heterocycles. The van der Waals surface area contributed by atoms with Crippen LogP contribution in [0.5, 0.6) is 0 Å². The van der Waals surface area contributed by atoms with E-state index in [0.29, 0.717) is 42.5 Å². The first kappa shape index (κ1) is 20.1. The van der Waals surface area contributed by atoms with Crippen molar-refractivity contribution >= 4 is 50.6 Å². The van der Waals surface area contributed by atoms with E-state index in [1.807, 2.05) is 29.8 Å². The van der Waals surface area contributed by atoms with Crippen LogP contribution in [0.1, 0.15) is 19.2 Å². The molecule has 6 nitrogen and oxygen atoms in total. The van der Waals surface area contributed by atoms with Crippen LogP contribution >= 0.6 is 34.4 Å². The summed E-state index contributed by atoms with van der Waals surface area (Å²) in [6, 6.07) is 3.97. The second-order valence-corrected chi connectivity index (χ2v) is 8.50. The van der Waals surface area contributed by atoms with Crippen molar-refractivity contribution in [3.63, 3.8) is 0 Å². The van der Waals surface area contributed by atoms with Gasteiger partial charge < -0.3 is 15.0 Å². The molecule has 0 atom stereocenters. The zero-order valence-corrected chi connectivity index (χ0v) is 17.4. The van der Waals surface area contributed by atoms with E-state index >= 15 is 0 Å². The van der Waals surface area contributed by atoms with Gasteiger partial charge >= 0.3 is 0 Å². The molecule has 0 aliphatic carbocycles. The third-order valence-corrected chi connectivity index (χ3v) is 6.46. The van der Waals surface area contributed by atoms with Crippen LogP contribution in [0.25, 0.3) is 20.7 Å². The van der Waals surface area contributed by atoms with Gasteiger partial charge in [-0.05, 0) is 24.8 Å². The van der Waals surface area contributed by atoms with Crippen molar-refractivity contribution in [2.75, 3.05) is 25.5 Å². The molecule has 1 amide bonds. The Balaban J connectivity index is 1.54. The molecule has 144 valence electrons. The summed E-state index contributed by atoms with van der Waals surface area (Å²) in [6.45, 7) is 3.91. The van der Waals surface area contributed by atoms with Crippen molar-refractivity contribution in [1.29, 1.82) is 0 Å². The maximum atomic E-state index is 12.5. The Kier molecular flexibility index (Phi) is 7.45. The van der Waals surface area contributed by atoms with E-state index in [2.05, 4.69) is 15.3 Å². The van der Waals surface area contributed by atoms with Crippen LogP contribution in [-0.4, -0.2) is 41.4 Å². The van der Waals surface area contributed by atoms with Crippen LogP contribution < -0.4 is 10.9 Å². The number of aromatic amines is 1. The van der Waals surface area contributed by atoms with Crippen molar-refractivity contribution in [2.24, 2.45) is 0 Å². The third kappa shape index (κ3) is 5.41. The predicted octanol–water partition coefficient (Wildman–Crippen LogP) is 3.49. The van der Waals surface area contributed by atoms with E-state index in [4.69, 9.17) is 4.74 Å². The van der Waals surface area contributed by atoms with Crippen LogP contribution in [0.15, 0.2) is 27.7 Å². The van der Waals surface area contributed by atoms with Crippen molar-refractivity contribution in [2.45, 2.75) is 19.1 Å². The second-order valence-electron chi connectivity index (χ2n) is 5.71. The number of carbonyl (C=O) groups excluding carboxylic acids is 1. The number of nitrogens with zero attached hydrogens (tertiary/aromatic N) is 1. The Hall–Kier alpha value is -1.68. The quantitative estimate of drug-likeness (QED) is 0.488. The van der Waals surface area contributed by atoms with Gasteiger partial charge in [0.25, 0.3) is 5.56 Å². The van der Waals surface area contributed by atoms with Gasteiger partial charge in [0, 0.05) is 35.6 Å². The van der Waals surface area contributed by atoms with Gasteiger partial charge in [-0.2, -0.15) is 0 Å². The van der Waals surface area contributed by atoms with Gasteiger partial charge in [0.1, 0.15) is 10.7 Å². The smallest absolute Gasteiger partial charge is 0.260 e. The minimum atomic E-state index is -0.124. The predicted molar refractivity (Wildman–Crippen MR) is 114 cm³/mol. The molecule has 3 aromatic rings. The van der Waals surface area contributed by atoms with Crippen molar-refractivity contribution in [3.05, 3.63) is 39.1 Å². The number of carbonyl (C=O) groups is 1. The SMILES string of the molecule is CCOCCCNC(=O)CSCc1nc2scc(-c3cccs3)c2c(=O)[nH]1. The Morgan fingerprint density at radius 2 is 2.30 bits per heavy atom. The summed E-state index contributed by atoms with van der Waals surface area (Å²) >= 11 is 4.51. The maximum Gasteiger partial charge on any atom is 0.260 e. The molecule has 0 aliphatic rings. The molecule has 2 N–H and O–H groups in total. The highest BCUT2D eigenvalue weighted by Gasteiger charge is 2.13. The lowest BCUT2D eigenvalue weighted by Crippen LogP contribution is -2.27. The van der Waals surface area contributed by atoms with Gasteiger partial charge in [-0.15, -0.1) is 34.4 Å². The Labute approximate surface area is 169 Å². The maximum absolute atomic E-state index is 12.5. The van der Waals surface area contributed by atoms with Crippen LogP contribution in [0, 0.1) is 0 Å². The van der Waals surface area contributed by atoms with E-state index in [1.54, 1.807) is 11.3 Å². The minimum Gasteiger partial charge on any atom is -0.382 e. The number of nitrogens with one attached hydrogen (secondary N) is 2. The number of rotatable bonds is 10. The fourth-order valence-corrected chi connectivity index (χ4v) is 5.01. The summed E-state index contributed by atoms with van der Waals surface area (Å²) in [7, 11) is 0. The molecule has 0 saturated heterocycles. The zero-order valence-electron chi connectivity index (χ0n) is 14.9. The molecule has 3 heterocycles. The first-order valence-corrected chi connectivity index (χ1v) is 11.6. The summed E-state index contributed by atoms with van der Waals surface area (Å²) in [5, 5.41) is 7.47. The molecule has 0 spiro atoms. The first-order valence-electron chi connectivity index (χ1n) is 8.65. The molecule has 0 fully saturated rings. The highest BCUT2D eigenvalue weighted by molar-refractivity contribution is 7.99. The molecule has 0 bridgehead atoms. The average Bonchev–Trinajstić information content (AvgIpc) is 3.31. The van der Waals surface area contributed by atoms with Gasteiger partial charge in [0.2, 0.25) is 5.91 Å². The standard InChI is InChI=1S/C18H21N3O3S3/c1-2-24-7-4-6-19-15(22)11-25-10-14-20-17(23)16-12(9-27-18(16)21-14)13-5-3-8-26-13/h3,5,8-9H,2,4,6-7,10-11H2,1H3,(H,19,22)(H,20,21,23). The minimum absolute atomic E-state index is 0.0176. The summed E-state index contributed by atoms with van der Waals surface area (Å²) < 4.78 is 5.23. The number of thioether (sulfide) groups is 1. The fourth-order valence-electron chi connectivity index (χ4n) is 2.51. The number of thiophene rings is 2. The van der Waals surface area contributed by atoms with Gasteiger partial charge in [0.05, 0.1) is 16.9 Å². The van der Waals surface area contributed by atoms with Gasteiger partial charge in [0.15, 0.2) is 0 Å². The summed E-state index contributed by atoms with van der Waals surface area (Å²) in [5.41, 5.74) is 0.810. The monoisotopic (exact) mass is 423 g/mol. The number of hydrogen-bond donors (Lipinski definition) is 2. The van der Waals surface area contributed by atoms with Gasteiger partial charge in [-0.25, -0.2) is 4.98 Å². The third-order valence-electron chi connectivity index (χ3n) is 3.74. The van der Waals surface area contributed by atoms with Crippen molar-refractivity contribution in [1.82, 2.24) is 15.3 Å². The number of amides is 1. The highest BCUT2D eigenvalue weighted by Crippen LogP contribution is 2.33. The Morgan fingerprint density at radius 1 is 1.41 bits per heavy atom. The molecular weight excluding hydrogens is 402 g/mol. The number of H-pyrrole nitrogens is 1. The van der Waals surface area contributed by atoms with Gasteiger partial charge in [-0.1, -0.05) is 6.07 Å². The first-order chi connectivity index (χ1) is 13.2. The molecular formula is C18H21N3O3S3. The highest BCUT2D eigenvalue weighted by atomic mass is 32.2. The second kappa shape index (κ2) is 10.0. The molecule has 9 heteroatoms. The lowest BCUT2D eigenvalue weighted by atomic mass is 10.2. The number of aromatic nitrogens is 2. The molecule has 3 rings (SSSR count). The van der Waals surface area contributed by atoms with E-state index in [1.165, 1.54) is 23.1 Å². The summed E-state index contributed by atoms with van der Waals surface area (Å²) in [4.78, 5) is 33.5.